The lowest BCUT2D eigenvalue weighted by Gasteiger charge is -2.20. The summed E-state index contributed by atoms with van der Waals surface area (Å²) in [6, 6.07) is 4.83. The molecule has 1 rings (SSSR count). The second-order valence-electron chi connectivity index (χ2n) is 2.86. The molecule has 1 amide bonds. The van der Waals surface area contributed by atoms with E-state index in [-0.39, 0.29) is 11.4 Å². The molecule has 0 aliphatic rings. The molecule has 0 aromatic heterocycles. The van der Waals surface area contributed by atoms with Crippen LogP contribution in [0.2, 0.25) is 0 Å². The van der Waals surface area contributed by atoms with Crippen molar-refractivity contribution in [2.45, 2.75) is 6.92 Å². The number of carboxylic acid groups (broad SMARTS) is 1. The first kappa shape index (κ1) is 10.2. The number of benzene rings is 1. The number of nitroso groups, excluding NO2 is 1. The molecule has 0 radical (unpaired) electrons. The minimum Gasteiger partial charge on any atom is -0.530 e. The van der Waals surface area contributed by atoms with Gasteiger partial charge >= 0.3 is 0 Å². The van der Waals surface area contributed by atoms with Crippen molar-refractivity contribution in [3.63, 3.8) is 0 Å². The normalized spacial score (nSPS) is 9.57. The molecule has 0 heterocycles. The molecule has 5 nitrogen and oxygen atoms in total. The van der Waals surface area contributed by atoms with Crippen molar-refractivity contribution < 1.29 is 9.90 Å². The third-order valence-electron chi connectivity index (χ3n) is 1.94. The predicted octanol–water partition coefficient (Wildman–Crippen LogP) is 1.17. The number of aryl methyl sites for hydroxylation is 1. The highest BCUT2D eigenvalue weighted by atomic mass is 16.4. The van der Waals surface area contributed by atoms with Crippen molar-refractivity contribution in [1.82, 2.24) is 0 Å². The molecule has 0 saturated carbocycles. The molecule has 0 fully saturated rings. The number of carbonyl (C=O) groups is 1. The van der Waals surface area contributed by atoms with Gasteiger partial charge in [0.05, 0.1) is 5.69 Å². The van der Waals surface area contributed by atoms with Gasteiger partial charge in [-0.15, -0.1) is 4.91 Å². The van der Waals surface area contributed by atoms with Gasteiger partial charge in [-0.05, 0) is 23.7 Å². The van der Waals surface area contributed by atoms with Crippen LogP contribution in [0, 0.1) is 11.8 Å². The van der Waals surface area contributed by atoms with E-state index in [2.05, 4.69) is 5.18 Å². The quantitative estimate of drug-likeness (QED) is 0.662. The number of hydrogen-bond donors (Lipinski definition) is 0. The van der Waals surface area contributed by atoms with Gasteiger partial charge in [0.1, 0.15) is 11.8 Å². The molecule has 0 spiro atoms. The Balaban J connectivity index is 3.26. The van der Waals surface area contributed by atoms with Gasteiger partial charge in [-0.3, -0.25) is 0 Å². The minimum absolute atomic E-state index is 0.124. The number of nitrogens with zero attached hydrogens (tertiary/aromatic N) is 2. The van der Waals surface area contributed by atoms with E-state index in [1.807, 2.05) is 0 Å². The fraction of sp³-hybridized carbons (Fsp3) is 0.222. The average molecular weight is 193 g/mol. The van der Waals surface area contributed by atoms with Crippen LogP contribution in [0.1, 0.15) is 5.56 Å². The van der Waals surface area contributed by atoms with Crippen molar-refractivity contribution >= 4 is 17.5 Å². The molecule has 5 heteroatoms. The van der Waals surface area contributed by atoms with Crippen molar-refractivity contribution in [2.75, 3.05) is 11.9 Å². The highest BCUT2D eigenvalue weighted by Crippen LogP contribution is 2.30. The van der Waals surface area contributed by atoms with Gasteiger partial charge in [0, 0.05) is 7.05 Å². The lowest BCUT2D eigenvalue weighted by Crippen LogP contribution is -2.38. The van der Waals surface area contributed by atoms with Crippen LogP contribution in [0.3, 0.4) is 0 Å². The predicted molar refractivity (Wildman–Crippen MR) is 50.4 cm³/mol. The largest absolute Gasteiger partial charge is 0.530 e. The standard InChI is InChI=1S/C9H10N2O3/c1-6-4-3-5-7(8(6)10-14)11(2)9(12)13/h3-5H,1-2H3,(H,12,13)/p-1. The SMILES string of the molecule is Cc1cccc(N(C)C(=O)[O-])c1N=O. The molecule has 1 aromatic carbocycles. The van der Waals surface area contributed by atoms with Crippen LogP contribution in [0.4, 0.5) is 16.2 Å². The van der Waals surface area contributed by atoms with Crippen LogP contribution < -0.4 is 10.0 Å². The maximum Gasteiger partial charge on any atom is 0.141 e. The molecule has 0 bridgehead atoms. The fourth-order valence-corrected chi connectivity index (χ4v) is 1.13. The molecule has 0 aliphatic heterocycles. The Labute approximate surface area is 80.9 Å². The zero-order valence-corrected chi connectivity index (χ0v) is 7.85. The fourth-order valence-electron chi connectivity index (χ4n) is 1.13. The first-order valence-electron chi connectivity index (χ1n) is 3.95. The van der Waals surface area contributed by atoms with Gasteiger partial charge in [0.2, 0.25) is 0 Å². The van der Waals surface area contributed by atoms with Gasteiger partial charge in [-0.2, -0.15) is 0 Å². The first-order chi connectivity index (χ1) is 6.57. The lowest BCUT2D eigenvalue weighted by molar-refractivity contribution is -0.246. The summed E-state index contributed by atoms with van der Waals surface area (Å²) in [5.41, 5.74) is 0.991. The first-order valence-corrected chi connectivity index (χ1v) is 3.95. The Morgan fingerprint density at radius 3 is 2.64 bits per heavy atom. The van der Waals surface area contributed by atoms with E-state index in [0.717, 1.165) is 4.90 Å². The van der Waals surface area contributed by atoms with Gasteiger partial charge in [-0.1, -0.05) is 12.1 Å². The van der Waals surface area contributed by atoms with E-state index in [4.69, 9.17) is 0 Å². The second-order valence-corrected chi connectivity index (χ2v) is 2.86. The zero-order valence-electron chi connectivity index (χ0n) is 7.85. The lowest BCUT2D eigenvalue weighted by atomic mass is 10.1. The van der Waals surface area contributed by atoms with Crippen LogP contribution in [-0.2, 0) is 0 Å². The van der Waals surface area contributed by atoms with Crippen molar-refractivity contribution in [3.8, 4) is 0 Å². The minimum atomic E-state index is -1.37. The molecule has 0 unspecified atom stereocenters. The number of amides is 1. The summed E-state index contributed by atoms with van der Waals surface area (Å²) in [4.78, 5) is 21.9. The van der Waals surface area contributed by atoms with E-state index in [0.29, 0.717) is 5.56 Å². The number of hydrogen-bond acceptors (Lipinski definition) is 4. The molecular formula is C9H9N2O3-. The zero-order chi connectivity index (χ0) is 10.7. The van der Waals surface area contributed by atoms with Gasteiger partial charge < -0.3 is 14.8 Å². The molecular weight excluding hydrogens is 184 g/mol. The van der Waals surface area contributed by atoms with E-state index in [1.165, 1.54) is 13.1 Å². The highest BCUT2D eigenvalue weighted by Gasteiger charge is 2.10. The van der Waals surface area contributed by atoms with Crippen molar-refractivity contribution in [2.24, 2.45) is 5.18 Å². The van der Waals surface area contributed by atoms with E-state index in [1.54, 1.807) is 19.1 Å². The van der Waals surface area contributed by atoms with Crippen molar-refractivity contribution in [3.05, 3.63) is 28.7 Å². The molecule has 14 heavy (non-hydrogen) atoms. The molecule has 74 valence electrons. The third kappa shape index (κ3) is 1.71. The van der Waals surface area contributed by atoms with Crippen LogP contribution in [-0.4, -0.2) is 13.1 Å². The van der Waals surface area contributed by atoms with Crippen LogP contribution in [0.5, 0.6) is 0 Å². The summed E-state index contributed by atoms with van der Waals surface area (Å²) in [6.07, 6.45) is -1.37. The Bertz CT molecular complexity index is 376. The Hall–Kier alpha value is -1.91. The molecule has 0 saturated heterocycles. The Morgan fingerprint density at radius 2 is 2.14 bits per heavy atom. The summed E-state index contributed by atoms with van der Waals surface area (Å²) in [5.74, 6) is 0. The van der Waals surface area contributed by atoms with Gasteiger partial charge in [-0.25, -0.2) is 0 Å². The summed E-state index contributed by atoms with van der Waals surface area (Å²) in [5, 5.41) is 13.3. The van der Waals surface area contributed by atoms with Gasteiger partial charge in [0.25, 0.3) is 0 Å². The number of anilines is 1. The topological polar surface area (TPSA) is 72.8 Å². The summed E-state index contributed by atoms with van der Waals surface area (Å²) in [7, 11) is 1.30. The Morgan fingerprint density at radius 1 is 1.50 bits per heavy atom. The summed E-state index contributed by atoms with van der Waals surface area (Å²) < 4.78 is 0. The van der Waals surface area contributed by atoms with E-state index >= 15 is 0 Å². The number of rotatable bonds is 2. The Kier molecular flexibility index (Phi) is 2.81. The van der Waals surface area contributed by atoms with Gasteiger partial charge in [0.15, 0.2) is 0 Å². The second kappa shape index (κ2) is 3.87. The molecule has 0 aliphatic carbocycles. The third-order valence-corrected chi connectivity index (χ3v) is 1.94. The molecule has 1 aromatic rings. The molecule has 0 atom stereocenters. The van der Waals surface area contributed by atoms with Crippen LogP contribution in [0.25, 0.3) is 0 Å². The van der Waals surface area contributed by atoms with Crippen molar-refractivity contribution in [1.29, 1.82) is 0 Å². The smallest absolute Gasteiger partial charge is 0.141 e. The van der Waals surface area contributed by atoms with Crippen LogP contribution in [0.15, 0.2) is 23.4 Å². The molecule has 0 N–H and O–H groups in total. The summed E-state index contributed by atoms with van der Waals surface area (Å²) >= 11 is 0. The highest BCUT2D eigenvalue weighted by molar-refractivity contribution is 5.89. The average Bonchev–Trinajstić information content (AvgIpc) is 2.16. The van der Waals surface area contributed by atoms with E-state index < -0.39 is 6.09 Å². The summed E-state index contributed by atoms with van der Waals surface area (Å²) in [6.45, 7) is 1.68. The number of carbonyl (C=O) groups excluding carboxylic acids is 1. The maximum absolute atomic E-state index is 10.6. The monoisotopic (exact) mass is 193 g/mol. The van der Waals surface area contributed by atoms with Crippen LogP contribution >= 0.6 is 0 Å². The van der Waals surface area contributed by atoms with E-state index in [9.17, 15) is 14.8 Å². The maximum atomic E-state index is 10.6.